The smallest absolute Gasteiger partial charge is 0.370 e. The van der Waals surface area contributed by atoms with Crippen molar-refractivity contribution in [3.8, 4) is 0 Å². The molecule has 0 radical (unpaired) electrons. The van der Waals surface area contributed by atoms with Gasteiger partial charge in [0.2, 0.25) is 0 Å². The van der Waals surface area contributed by atoms with Gasteiger partial charge in [-0.25, -0.2) is 4.98 Å². The minimum Gasteiger partial charge on any atom is -0.370 e. The molecule has 0 aliphatic rings. The van der Waals surface area contributed by atoms with Crippen molar-refractivity contribution < 1.29 is 17.4 Å². The van der Waals surface area contributed by atoms with Gasteiger partial charge in [-0.05, 0) is 25.0 Å². The Kier molecular flexibility index (Phi) is 6.94. The standard InChI is InChI=1S/C13H20F3N3OS/c1-3-5-17-11-8-10(13(14,15)16)9-12(19-11)18-6-4-7-21(2)20/h8-9H,3-7H2,1-2H3,(H2,17,18,19). The second-order valence-electron chi connectivity index (χ2n) is 4.61. The minimum atomic E-state index is -4.41. The first-order chi connectivity index (χ1) is 9.82. The van der Waals surface area contributed by atoms with Gasteiger partial charge in [-0.15, -0.1) is 0 Å². The number of hydrogen-bond acceptors (Lipinski definition) is 4. The number of aromatic nitrogens is 1. The number of nitrogens with zero attached hydrogens (tertiary/aromatic N) is 1. The molecular formula is C13H20F3N3OS. The molecule has 1 atom stereocenters. The van der Waals surface area contributed by atoms with Crippen molar-refractivity contribution in [2.75, 3.05) is 35.7 Å². The fourth-order valence-electron chi connectivity index (χ4n) is 1.62. The Morgan fingerprint density at radius 2 is 1.76 bits per heavy atom. The molecule has 1 rings (SSSR count). The van der Waals surface area contributed by atoms with E-state index in [9.17, 15) is 17.4 Å². The Bertz CT molecular complexity index is 480. The maximum atomic E-state index is 12.8. The number of nitrogens with one attached hydrogen (secondary N) is 2. The van der Waals surface area contributed by atoms with E-state index in [-0.39, 0.29) is 11.6 Å². The van der Waals surface area contributed by atoms with Crippen LogP contribution in [0.25, 0.3) is 0 Å². The van der Waals surface area contributed by atoms with Crippen molar-refractivity contribution in [2.24, 2.45) is 0 Å². The number of anilines is 2. The summed E-state index contributed by atoms with van der Waals surface area (Å²) < 4.78 is 49.4. The van der Waals surface area contributed by atoms with Crippen LogP contribution in [0.1, 0.15) is 25.3 Å². The van der Waals surface area contributed by atoms with Crippen molar-refractivity contribution in [1.29, 1.82) is 0 Å². The largest absolute Gasteiger partial charge is 0.416 e. The number of rotatable bonds is 8. The Morgan fingerprint density at radius 3 is 2.24 bits per heavy atom. The first-order valence-corrected chi connectivity index (χ1v) is 8.42. The molecule has 0 fully saturated rings. The lowest BCUT2D eigenvalue weighted by Gasteiger charge is -2.13. The Morgan fingerprint density at radius 1 is 1.19 bits per heavy atom. The molecule has 21 heavy (non-hydrogen) atoms. The average molecular weight is 323 g/mol. The highest BCUT2D eigenvalue weighted by molar-refractivity contribution is 7.84. The van der Waals surface area contributed by atoms with Crippen LogP contribution in [0.2, 0.25) is 0 Å². The molecule has 0 bridgehead atoms. The van der Waals surface area contributed by atoms with Crippen LogP contribution in [0.4, 0.5) is 24.8 Å². The van der Waals surface area contributed by atoms with Gasteiger partial charge < -0.3 is 10.6 Å². The monoisotopic (exact) mass is 323 g/mol. The molecule has 0 saturated carbocycles. The van der Waals surface area contributed by atoms with Crippen molar-refractivity contribution in [3.05, 3.63) is 17.7 Å². The van der Waals surface area contributed by atoms with Gasteiger partial charge in [0.25, 0.3) is 0 Å². The second kappa shape index (κ2) is 8.21. The summed E-state index contributed by atoms with van der Waals surface area (Å²) in [6.07, 6.45) is -1.41. The van der Waals surface area contributed by atoms with Gasteiger partial charge in [-0.3, -0.25) is 4.21 Å². The molecule has 1 aromatic heterocycles. The van der Waals surface area contributed by atoms with Crippen molar-refractivity contribution in [2.45, 2.75) is 25.9 Å². The topological polar surface area (TPSA) is 54.0 Å². The summed E-state index contributed by atoms with van der Waals surface area (Å²) >= 11 is 0. The highest BCUT2D eigenvalue weighted by Gasteiger charge is 2.31. The predicted molar refractivity (Wildman–Crippen MR) is 80.1 cm³/mol. The molecule has 1 unspecified atom stereocenters. The SMILES string of the molecule is CCCNc1cc(C(F)(F)F)cc(NCCCS(C)=O)n1. The van der Waals surface area contributed by atoms with Crippen molar-refractivity contribution >= 4 is 22.4 Å². The van der Waals surface area contributed by atoms with Crippen LogP contribution in [0.5, 0.6) is 0 Å². The van der Waals surface area contributed by atoms with Crippen LogP contribution in [0.3, 0.4) is 0 Å². The second-order valence-corrected chi connectivity index (χ2v) is 6.16. The number of alkyl halides is 3. The van der Waals surface area contributed by atoms with Gasteiger partial charge in [0, 0.05) is 35.9 Å². The van der Waals surface area contributed by atoms with Crippen LogP contribution in [-0.4, -0.2) is 34.3 Å². The molecule has 1 aromatic rings. The molecular weight excluding hydrogens is 303 g/mol. The molecule has 0 aliphatic heterocycles. The Labute approximate surface area is 125 Å². The summed E-state index contributed by atoms with van der Waals surface area (Å²) in [5.41, 5.74) is -0.738. The third-order valence-electron chi connectivity index (χ3n) is 2.62. The molecule has 4 nitrogen and oxygen atoms in total. The zero-order valence-electron chi connectivity index (χ0n) is 12.1. The van der Waals surface area contributed by atoms with E-state index in [1.807, 2.05) is 6.92 Å². The molecule has 0 saturated heterocycles. The molecule has 1 heterocycles. The normalized spacial score (nSPS) is 13.0. The summed E-state index contributed by atoms with van der Waals surface area (Å²) in [4.78, 5) is 4.10. The quantitative estimate of drug-likeness (QED) is 0.722. The van der Waals surface area contributed by atoms with Crippen LogP contribution >= 0.6 is 0 Å². The van der Waals surface area contributed by atoms with Gasteiger partial charge in [-0.1, -0.05) is 6.92 Å². The van der Waals surface area contributed by atoms with E-state index in [4.69, 9.17) is 0 Å². The van der Waals surface area contributed by atoms with Gasteiger partial charge in [-0.2, -0.15) is 13.2 Å². The first-order valence-electron chi connectivity index (χ1n) is 6.70. The first kappa shape index (κ1) is 17.7. The summed E-state index contributed by atoms with van der Waals surface area (Å²) in [7, 11) is -0.903. The maximum absolute atomic E-state index is 12.8. The predicted octanol–water partition coefficient (Wildman–Crippen LogP) is 3.10. The van der Waals surface area contributed by atoms with Crippen LogP contribution in [0, 0.1) is 0 Å². The van der Waals surface area contributed by atoms with Crippen LogP contribution in [-0.2, 0) is 17.0 Å². The van der Waals surface area contributed by atoms with E-state index in [0.29, 0.717) is 25.3 Å². The van der Waals surface area contributed by atoms with Crippen LogP contribution < -0.4 is 10.6 Å². The summed E-state index contributed by atoms with van der Waals surface area (Å²) in [5.74, 6) is 0.881. The van der Waals surface area contributed by atoms with E-state index in [2.05, 4.69) is 15.6 Å². The molecule has 0 spiro atoms. The van der Waals surface area contributed by atoms with Crippen molar-refractivity contribution in [3.63, 3.8) is 0 Å². The third kappa shape index (κ3) is 6.79. The molecule has 2 N–H and O–H groups in total. The van der Waals surface area contributed by atoms with E-state index in [0.717, 1.165) is 18.6 Å². The van der Waals surface area contributed by atoms with Gasteiger partial charge >= 0.3 is 6.18 Å². The Hall–Kier alpha value is -1.31. The molecule has 0 aromatic carbocycles. The third-order valence-corrected chi connectivity index (χ3v) is 3.49. The lowest BCUT2D eigenvalue weighted by molar-refractivity contribution is -0.137. The van der Waals surface area contributed by atoms with E-state index < -0.39 is 22.5 Å². The zero-order chi connectivity index (χ0) is 15.9. The average Bonchev–Trinajstić information content (AvgIpc) is 2.40. The van der Waals surface area contributed by atoms with E-state index >= 15 is 0 Å². The highest BCUT2D eigenvalue weighted by atomic mass is 32.2. The summed E-state index contributed by atoms with van der Waals surface area (Å²) in [5, 5.41) is 5.70. The molecule has 0 aliphatic carbocycles. The number of halogens is 3. The van der Waals surface area contributed by atoms with Gasteiger partial charge in [0.15, 0.2) is 0 Å². The van der Waals surface area contributed by atoms with Crippen molar-refractivity contribution in [1.82, 2.24) is 4.98 Å². The van der Waals surface area contributed by atoms with E-state index in [1.54, 1.807) is 6.26 Å². The summed E-state index contributed by atoms with van der Waals surface area (Å²) in [6, 6.07) is 1.99. The summed E-state index contributed by atoms with van der Waals surface area (Å²) in [6.45, 7) is 2.91. The number of hydrogen-bond donors (Lipinski definition) is 2. The Balaban J connectivity index is 2.78. The highest BCUT2D eigenvalue weighted by Crippen LogP contribution is 2.32. The van der Waals surface area contributed by atoms with Gasteiger partial charge in [0.05, 0.1) is 5.56 Å². The number of pyridine rings is 1. The lowest BCUT2D eigenvalue weighted by Crippen LogP contribution is -2.12. The van der Waals surface area contributed by atoms with Gasteiger partial charge in [0.1, 0.15) is 11.6 Å². The molecule has 120 valence electrons. The van der Waals surface area contributed by atoms with E-state index in [1.165, 1.54) is 0 Å². The minimum absolute atomic E-state index is 0.172. The molecule has 8 heteroatoms. The molecule has 0 amide bonds. The fourth-order valence-corrected chi connectivity index (χ4v) is 2.17. The lowest BCUT2D eigenvalue weighted by atomic mass is 10.2. The van der Waals surface area contributed by atoms with Crippen LogP contribution in [0.15, 0.2) is 12.1 Å². The zero-order valence-corrected chi connectivity index (χ0v) is 12.9. The fraction of sp³-hybridized carbons (Fsp3) is 0.615. The maximum Gasteiger partial charge on any atom is 0.416 e.